The molecule has 0 aliphatic carbocycles. The van der Waals surface area contributed by atoms with E-state index in [4.69, 9.17) is 16.6 Å². The van der Waals surface area contributed by atoms with Crippen LogP contribution in [0.3, 0.4) is 0 Å². The van der Waals surface area contributed by atoms with E-state index in [1.54, 1.807) is 13.8 Å². The summed E-state index contributed by atoms with van der Waals surface area (Å²) < 4.78 is 0. The van der Waals surface area contributed by atoms with Gasteiger partial charge in [-0.05, 0) is 12.8 Å². The highest BCUT2D eigenvalue weighted by Gasteiger charge is 2.34. The molecule has 0 amide bonds. The van der Waals surface area contributed by atoms with Gasteiger partial charge >= 0.3 is 5.97 Å². The molecule has 0 aromatic rings. The Bertz CT molecular complexity index is 226. The number of ketones is 1. The standard InChI is InChI=1S/C9H18N2O3/c1-4(2)6(7(11)9(13)14)8(12)5(3)10/h4-7H,10-11H2,1-3H3,(H,13,14)/t5-,6-,7+/m1/s1. The fourth-order valence-electron chi connectivity index (χ4n) is 1.38. The Morgan fingerprint density at radius 1 is 1.14 bits per heavy atom. The Hall–Kier alpha value is -0.940. The first-order chi connectivity index (χ1) is 6.29. The van der Waals surface area contributed by atoms with Crippen molar-refractivity contribution in [2.24, 2.45) is 23.3 Å². The van der Waals surface area contributed by atoms with E-state index in [0.29, 0.717) is 0 Å². The summed E-state index contributed by atoms with van der Waals surface area (Å²) in [6.07, 6.45) is 0. The van der Waals surface area contributed by atoms with Crippen LogP contribution in [0, 0.1) is 11.8 Å². The van der Waals surface area contributed by atoms with Gasteiger partial charge in [-0.3, -0.25) is 9.59 Å². The normalized spacial score (nSPS) is 17.6. The maximum atomic E-state index is 11.6. The zero-order valence-electron chi connectivity index (χ0n) is 8.73. The summed E-state index contributed by atoms with van der Waals surface area (Å²) in [5.41, 5.74) is 10.8. The minimum Gasteiger partial charge on any atom is -0.480 e. The van der Waals surface area contributed by atoms with Crippen LogP contribution >= 0.6 is 0 Å². The van der Waals surface area contributed by atoms with Gasteiger partial charge in [-0.15, -0.1) is 0 Å². The Balaban J connectivity index is 4.77. The maximum absolute atomic E-state index is 11.6. The van der Waals surface area contributed by atoms with Crippen LogP contribution in [-0.4, -0.2) is 28.9 Å². The van der Waals surface area contributed by atoms with Crippen molar-refractivity contribution in [2.75, 3.05) is 0 Å². The summed E-state index contributed by atoms with van der Waals surface area (Å²) in [6.45, 7) is 5.05. The van der Waals surface area contributed by atoms with Crippen LogP contribution < -0.4 is 11.5 Å². The first-order valence-electron chi connectivity index (χ1n) is 4.56. The Morgan fingerprint density at radius 3 is 1.79 bits per heavy atom. The smallest absolute Gasteiger partial charge is 0.321 e. The van der Waals surface area contributed by atoms with Crippen molar-refractivity contribution < 1.29 is 14.7 Å². The third kappa shape index (κ3) is 3.08. The van der Waals surface area contributed by atoms with E-state index in [1.165, 1.54) is 6.92 Å². The van der Waals surface area contributed by atoms with E-state index in [9.17, 15) is 9.59 Å². The molecule has 0 bridgehead atoms. The highest BCUT2D eigenvalue weighted by molar-refractivity contribution is 5.91. The number of carboxylic acid groups (broad SMARTS) is 1. The van der Waals surface area contributed by atoms with Crippen molar-refractivity contribution >= 4 is 11.8 Å². The van der Waals surface area contributed by atoms with Crippen molar-refractivity contribution in [3.8, 4) is 0 Å². The fourth-order valence-corrected chi connectivity index (χ4v) is 1.38. The molecular formula is C9H18N2O3. The molecule has 0 rings (SSSR count). The van der Waals surface area contributed by atoms with Crippen LogP contribution in [0.2, 0.25) is 0 Å². The van der Waals surface area contributed by atoms with E-state index in [0.717, 1.165) is 0 Å². The molecule has 5 heteroatoms. The third-order valence-corrected chi connectivity index (χ3v) is 2.17. The minimum atomic E-state index is -1.17. The summed E-state index contributed by atoms with van der Waals surface area (Å²) in [7, 11) is 0. The monoisotopic (exact) mass is 202 g/mol. The van der Waals surface area contributed by atoms with Crippen molar-refractivity contribution in [3.63, 3.8) is 0 Å². The largest absolute Gasteiger partial charge is 0.480 e. The van der Waals surface area contributed by atoms with Gasteiger partial charge in [0.15, 0.2) is 5.78 Å². The lowest BCUT2D eigenvalue weighted by molar-refractivity contribution is -0.143. The molecule has 0 spiro atoms. The summed E-state index contributed by atoms with van der Waals surface area (Å²) in [4.78, 5) is 22.2. The van der Waals surface area contributed by atoms with Crippen LogP contribution in [0.5, 0.6) is 0 Å². The van der Waals surface area contributed by atoms with Crippen LogP contribution in [0.25, 0.3) is 0 Å². The molecule has 5 nitrogen and oxygen atoms in total. The molecule has 82 valence electrons. The van der Waals surface area contributed by atoms with Gasteiger partial charge in [0, 0.05) is 5.92 Å². The number of carboxylic acids is 1. The molecule has 0 saturated heterocycles. The highest BCUT2D eigenvalue weighted by Crippen LogP contribution is 2.17. The fraction of sp³-hybridized carbons (Fsp3) is 0.778. The number of Topliss-reactive ketones (excluding diaryl/α,β-unsaturated/α-hetero) is 1. The lowest BCUT2D eigenvalue weighted by Crippen LogP contribution is -2.48. The molecule has 0 aromatic carbocycles. The molecule has 14 heavy (non-hydrogen) atoms. The van der Waals surface area contributed by atoms with Gasteiger partial charge in [-0.2, -0.15) is 0 Å². The topological polar surface area (TPSA) is 106 Å². The molecule has 0 aromatic heterocycles. The molecule has 0 heterocycles. The van der Waals surface area contributed by atoms with E-state index in [-0.39, 0.29) is 11.7 Å². The highest BCUT2D eigenvalue weighted by atomic mass is 16.4. The molecule has 3 atom stereocenters. The molecule has 0 aliphatic heterocycles. The van der Waals surface area contributed by atoms with Gasteiger partial charge < -0.3 is 16.6 Å². The lowest BCUT2D eigenvalue weighted by atomic mass is 9.83. The average molecular weight is 202 g/mol. The Kier molecular flexibility index (Phi) is 4.73. The Labute approximate surface area is 83.5 Å². The van der Waals surface area contributed by atoms with Gasteiger partial charge in [0.2, 0.25) is 0 Å². The molecule has 5 N–H and O–H groups in total. The second kappa shape index (κ2) is 5.07. The molecule has 0 saturated carbocycles. The number of carbonyl (C=O) groups is 2. The van der Waals surface area contributed by atoms with Gasteiger partial charge in [0.05, 0.1) is 6.04 Å². The van der Waals surface area contributed by atoms with Crippen LogP contribution in [0.1, 0.15) is 20.8 Å². The van der Waals surface area contributed by atoms with Crippen molar-refractivity contribution in [1.29, 1.82) is 0 Å². The number of aliphatic carboxylic acids is 1. The first kappa shape index (κ1) is 13.1. The quantitative estimate of drug-likeness (QED) is 0.561. The zero-order valence-corrected chi connectivity index (χ0v) is 8.73. The Morgan fingerprint density at radius 2 is 1.57 bits per heavy atom. The molecular weight excluding hydrogens is 184 g/mol. The van der Waals surface area contributed by atoms with E-state index < -0.39 is 24.0 Å². The van der Waals surface area contributed by atoms with Crippen LogP contribution in [0.15, 0.2) is 0 Å². The zero-order chi connectivity index (χ0) is 11.5. The predicted molar refractivity (Wildman–Crippen MR) is 52.6 cm³/mol. The molecule has 0 unspecified atom stereocenters. The van der Waals surface area contributed by atoms with Gasteiger partial charge in [0.1, 0.15) is 6.04 Å². The number of carbonyl (C=O) groups excluding carboxylic acids is 1. The number of hydrogen-bond donors (Lipinski definition) is 3. The molecule has 0 aliphatic rings. The summed E-state index contributed by atoms with van der Waals surface area (Å²) in [5, 5.41) is 8.71. The minimum absolute atomic E-state index is 0.125. The summed E-state index contributed by atoms with van der Waals surface area (Å²) in [5.74, 6) is -2.31. The van der Waals surface area contributed by atoms with Crippen molar-refractivity contribution in [1.82, 2.24) is 0 Å². The van der Waals surface area contributed by atoms with Crippen LogP contribution in [0.4, 0.5) is 0 Å². The van der Waals surface area contributed by atoms with Gasteiger partial charge in [-0.25, -0.2) is 0 Å². The first-order valence-corrected chi connectivity index (χ1v) is 4.56. The van der Waals surface area contributed by atoms with Gasteiger partial charge in [0.25, 0.3) is 0 Å². The predicted octanol–water partition coefficient (Wildman–Crippen LogP) is -0.413. The van der Waals surface area contributed by atoms with Crippen molar-refractivity contribution in [2.45, 2.75) is 32.9 Å². The average Bonchev–Trinajstić information content (AvgIpc) is 2.03. The second-order valence-corrected chi connectivity index (χ2v) is 3.82. The lowest BCUT2D eigenvalue weighted by Gasteiger charge is -2.24. The van der Waals surface area contributed by atoms with Crippen LogP contribution in [-0.2, 0) is 9.59 Å². The second-order valence-electron chi connectivity index (χ2n) is 3.82. The summed E-state index contributed by atoms with van der Waals surface area (Å²) >= 11 is 0. The molecule has 0 radical (unpaired) electrons. The summed E-state index contributed by atoms with van der Waals surface area (Å²) in [6, 6.07) is -1.85. The maximum Gasteiger partial charge on any atom is 0.321 e. The molecule has 0 fully saturated rings. The van der Waals surface area contributed by atoms with Crippen molar-refractivity contribution in [3.05, 3.63) is 0 Å². The number of hydrogen-bond acceptors (Lipinski definition) is 4. The van der Waals surface area contributed by atoms with E-state index in [2.05, 4.69) is 0 Å². The third-order valence-electron chi connectivity index (χ3n) is 2.17. The van der Waals surface area contributed by atoms with Gasteiger partial charge in [-0.1, -0.05) is 13.8 Å². The van der Waals surface area contributed by atoms with E-state index >= 15 is 0 Å². The SMILES string of the molecule is CC(C)[C@@H](C(=O)[C@@H](C)N)[C@H](N)C(=O)O. The van der Waals surface area contributed by atoms with E-state index in [1.807, 2.05) is 0 Å². The number of nitrogens with two attached hydrogens (primary N) is 2. The number of rotatable bonds is 5.